The number of ether oxygens (including phenoxy) is 2. The molecule has 9 nitrogen and oxygen atoms in total. The van der Waals surface area contributed by atoms with E-state index in [2.05, 4.69) is 10.6 Å². The summed E-state index contributed by atoms with van der Waals surface area (Å²) in [5.41, 5.74) is 0. The third-order valence-corrected chi connectivity index (χ3v) is 5.96. The fourth-order valence-corrected chi connectivity index (χ4v) is 4.14. The zero-order chi connectivity index (χ0) is 19.9. The van der Waals surface area contributed by atoms with Crippen LogP contribution in [0, 0.1) is 0 Å². The Balaban J connectivity index is 2.01. The summed E-state index contributed by atoms with van der Waals surface area (Å²) in [5, 5.41) is 5.20. The normalized spacial score (nSPS) is 18.1. The molecule has 1 atom stereocenters. The Morgan fingerprint density at radius 3 is 2.59 bits per heavy atom. The highest BCUT2D eigenvalue weighted by atomic mass is 35.5. The van der Waals surface area contributed by atoms with Gasteiger partial charge in [-0.1, -0.05) is 11.6 Å². The number of halogens is 1. The van der Waals surface area contributed by atoms with Crippen molar-refractivity contribution in [2.75, 3.05) is 40.0 Å². The summed E-state index contributed by atoms with van der Waals surface area (Å²) in [6, 6.07) is 5.79. The average molecular weight is 420 g/mol. The summed E-state index contributed by atoms with van der Waals surface area (Å²) in [7, 11) is -2.36. The molecule has 0 bridgehead atoms. The third-order valence-electron chi connectivity index (χ3n) is 3.81. The van der Waals surface area contributed by atoms with Crippen LogP contribution in [-0.2, 0) is 29.1 Å². The van der Waals surface area contributed by atoms with E-state index in [-0.39, 0.29) is 31.1 Å². The lowest BCUT2D eigenvalue weighted by molar-refractivity contribution is -0.140. The molecule has 1 aliphatic heterocycles. The summed E-state index contributed by atoms with van der Waals surface area (Å²) < 4.78 is 37.2. The van der Waals surface area contributed by atoms with Crippen molar-refractivity contribution in [2.24, 2.45) is 0 Å². The Hall–Kier alpha value is -1.72. The maximum absolute atomic E-state index is 12.9. The molecule has 150 valence electrons. The number of amides is 2. The molecule has 1 saturated heterocycles. The van der Waals surface area contributed by atoms with Crippen molar-refractivity contribution in [3.8, 4) is 0 Å². The molecule has 11 heteroatoms. The molecule has 2 rings (SSSR count). The van der Waals surface area contributed by atoms with E-state index in [4.69, 9.17) is 21.1 Å². The molecule has 2 N–H and O–H groups in total. The minimum atomic E-state index is -3.83. The van der Waals surface area contributed by atoms with Crippen LogP contribution >= 0.6 is 11.6 Å². The topological polar surface area (TPSA) is 114 Å². The van der Waals surface area contributed by atoms with Crippen LogP contribution in [-0.4, -0.2) is 70.7 Å². The van der Waals surface area contributed by atoms with Gasteiger partial charge >= 0.3 is 11.8 Å². The molecule has 1 heterocycles. The second-order valence-corrected chi connectivity index (χ2v) is 8.03. The summed E-state index contributed by atoms with van der Waals surface area (Å²) in [6.45, 7) is 0.916. The highest BCUT2D eigenvalue weighted by Gasteiger charge is 2.34. The van der Waals surface area contributed by atoms with Crippen molar-refractivity contribution < 1.29 is 27.5 Å². The number of methoxy groups -OCH3 is 1. The maximum atomic E-state index is 12.9. The molecule has 0 spiro atoms. The van der Waals surface area contributed by atoms with Gasteiger partial charge in [-0.25, -0.2) is 8.42 Å². The average Bonchev–Trinajstić information content (AvgIpc) is 2.66. The Morgan fingerprint density at radius 2 is 1.93 bits per heavy atom. The van der Waals surface area contributed by atoms with Gasteiger partial charge in [0, 0.05) is 25.2 Å². The molecule has 0 aliphatic carbocycles. The van der Waals surface area contributed by atoms with Crippen LogP contribution < -0.4 is 10.6 Å². The van der Waals surface area contributed by atoms with Gasteiger partial charge in [0.25, 0.3) is 0 Å². The highest BCUT2D eigenvalue weighted by Crippen LogP contribution is 2.23. The number of carbonyl (C=O) groups is 2. The quantitative estimate of drug-likeness (QED) is 0.473. The Kier molecular flexibility index (Phi) is 7.99. The molecule has 1 fully saturated rings. The fourth-order valence-electron chi connectivity index (χ4n) is 2.45. The number of nitrogens with one attached hydrogen (secondary N) is 2. The van der Waals surface area contributed by atoms with Gasteiger partial charge in [0.15, 0.2) is 0 Å². The monoisotopic (exact) mass is 419 g/mol. The molecular weight excluding hydrogens is 398 g/mol. The highest BCUT2D eigenvalue weighted by molar-refractivity contribution is 7.89. The van der Waals surface area contributed by atoms with Crippen molar-refractivity contribution in [2.45, 2.75) is 17.5 Å². The van der Waals surface area contributed by atoms with Gasteiger partial charge in [0.05, 0.1) is 24.7 Å². The first-order chi connectivity index (χ1) is 12.9. The van der Waals surface area contributed by atoms with Crippen molar-refractivity contribution >= 4 is 33.4 Å². The lowest BCUT2D eigenvalue weighted by Crippen LogP contribution is -2.53. The standard InChI is InChI=1S/C16H22ClN3O6S/c1-25-10-7-18-15(21)16(22)19-11-14-20(8-2-9-26-14)27(23,24)13-5-3-12(17)4-6-13/h3-6,14H,2,7-11H2,1H3,(H,18,21)(H,19,22)/t14-/m1/s1. The minimum Gasteiger partial charge on any atom is -0.383 e. The SMILES string of the molecule is COCCNC(=O)C(=O)NC[C@H]1OCCCN1S(=O)(=O)c1ccc(Cl)cc1. The van der Waals surface area contributed by atoms with Crippen molar-refractivity contribution in [3.63, 3.8) is 0 Å². The van der Waals surface area contributed by atoms with E-state index in [1.807, 2.05) is 0 Å². The first-order valence-corrected chi connectivity index (χ1v) is 10.1. The van der Waals surface area contributed by atoms with Crippen LogP contribution in [0.5, 0.6) is 0 Å². The molecule has 1 aromatic rings. The zero-order valence-electron chi connectivity index (χ0n) is 14.8. The van der Waals surface area contributed by atoms with Gasteiger partial charge in [-0.15, -0.1) is 0 Å². The van der Waals surface area contributed by atoms with E-state index in [9.17, 15) is 18.0 Å². The number of carbonyl (C=O) groups excluding carboxylic acids is 2. The van der Waals surface area contributed by atoms with Gasteiger partial charge in [0.1, 0.15) is 6.23 Å². The number of rotatable bonds is 7. The predicted molar refractivity (Wildman–Crippen MR) is 97.6 cm³/mol. The van der Waals surface area contributed by atoms with Crippen molar-refractivity contribution in [1.29, 1.82) is 0 Å². The van der Waals surface area contributed by atoms with E-state index < -0.39 is 28.1 Å². The fraction of sp³-hybridized carbons (Fsp3) is 0.500. The molecule has 1 aromatic carbocycles. The van der Waals surface area contributed by atoms with Crippen LogP contribution in [0.4, 0.5) is 0 Å². The smallest absolute Gasteiger partial charge is 0.309 e. The summed E-state index contributed by atoms with van der Waals surface area (Å²) in [5.74, 6) is -1.70. The van der Waals surface area contributed by atoms with E-state index in [1.54, 1.807) is 0 Å². The predicted octanol–water partition coefficient (Wildman–Crippen LogP) is -0.0441. The molecule has 1 aliphatic rings. The Bertz CT molecular complexity index is 756. The first-order valence-electron chi connectivity index (χ1n) is 8.30. The largest absolute Gasteiger partial charge is 0.383 e. The summed E-state index contributed by atoms with van der Waals surface area (Å²) in [4.78, 5) is 23.6. The van der Waals surface area contributed by atoms with Gasteiger partial charge in [-0.2, -0.15) is 4.31 Å². The molecule has 0 radical (unpaired) electrons. The van der Waals surface area contributed by atoms with Crippen LogP contribution in [0.25, 0.3) is 0 Å². The van der Waals surface area contributed by atoms with Gasteiger partial charge in [-0.3, -0.25) is 9.59 Å². The Morgan fingerprint density at radius 1 is 1.26 bits per heavy atom. The van der Waals surface area contributed by atoms with E-state index >= 15 is 0 Å². The van der Waals surface area contributed by atoms with Gasteiger partial charge in [0.2, 0.25) is 10.0 Å². The van der Waals surface area contributed by atoms with Crippen LogP contribution in [0.2, 0.25) is 5.02 Å². The number of hydrogen-bond donors (Lipinski definition) is 2. The number of hydrogen-bond acceptors (Lipinski definition) is 6. The number of benzene rings is 1. The van der Waals surface area contributed by atoms with Crippen molar-refractivity contribution in [1.82, 2.24) is 14.9 Å². The summed E-state index contributed by atoms with van der Waals surface area (Å²) >= 11 is 5.81. The number of nitrogens with zero attached hydrogens (tertiary/aromatic N) is 1. The lowest BCUT2D eigenvalue weighted by Gasteiger charge is -2.34. The third kappa shape index (κ3) is 5.88. The van der Waals surface area contributed by atoms with Gasteiger partial charge in [-0.05, 0) is 30.7 Å². The molecule has 27 heavy (non-hydrogen) atoms. The number of sulfonamides is 1. The van der Waals surface area contributed by atoms with E-state index in [0.29, 0.717) is 18.1 Å². The second-order valence-electron chi connectivity index (χ2n) is 5.71. The second kappa shape index (κ2) is 10.00. The molecule has 0 saturated carbocycles. The van der Waals surface area contributed by atoms with Crippen LogP contribution in [0.1, 0.15) is 6.42 Å². The molecule has 0 aromatic heterocycles. The first kappa shape index (κ1) is 21.6. The van der Waals surface area contributed by atoms with E-state index in [1.165, 1.54) is 35.7 Å². The van der Waals surface area contributed by atoms with Crippen LogP contribution in [0.3, 0.4) is 0 Å². The van der Waals surface area contributed by atoms with Crippen molar-refractivity contribution in [3.05, 3.63) is 29.3 Å². The Labute approximate surface area is 163 Å². The minimum absolute atomic E-state index is 0.0750. The molecule has 2 amide bonds. The van der Waals surface area contributed by atoms with Gasteiger partial charge < -0.3 is 20.1 Å². The lowest BCUT2D eigenvalue weighted by atomic mass is 10.3. The zero-order valence-corrected chi connectivity index (χ0v) is 16.4. The maximum Gasteiger partial charge on any atom is 0.309 e. The van der Waals surface area contributed by atoms with Crippen LogP contribution in [0.15, 0.2) is 29.2 Å². The van der Waals surface area contributed by atoms with E-state index in [0.717, 1.165) is 0 Å². The summed E-state index contributed by atoms with van der Waals surface area (Å²) in [6.07, 6.45) is -0.385. The molecule has 0 unspecified atom stereocenters. The molecular formula is C16H22ClN3O6S.